The molecule has 0 saturated carbocycles. The van der Waals surface area contributed by atoms with Gasteiger partial charge >= 0.3 is 0 Å². The van der Waals surface area contributed by atoms with Crippen molar-refractivity contribution in [1.82, 2.24) is 4.57 Å². The van der Waals surface area contributed by atoms with E-state index in [4.69, 9.17) is 9.41 Å². The molecule has 4 aromatic rings. The molecule has 0 amide bonds. The van der Waals surface area contributed by atoms with Crippen LogP contribution < -0.4 is 0 Å². The minimum Gasteiger partial charge on any atom is -0.454 e. The van der Waals surface area contributed by atoms with Gasteiger partial charge in [0.2, 0.25) is 0 Å². The molecule has 0 aliphatic carbocycles. The Balaban J connectivity index is 1.73. The molecule has 0 fully saturated rings. The summed E-state index contributed by atoms with van der Waals surface area (Å²) in [6.45, 7) is 4.89. The molecule has 2 aromatic heterocycles. The van der Waals surface area contributed by atoms with Crippen molar-refractivity contribution in [3.63, 3.8) is 0 Å². The lowest BCUT2D eigenvalue weighted by Gasteiger charge is -2.11. The third kappa shape index (κ3) is 2.16. The van der Waals surface area contributed by atoms with Gasteiger partial charge in [0.25, 0.3) is 0 Å². The van der Waals surface area contributed by atoms with Gasteiger partial charge in [0.15, 0.2) is 5.76 Å². The number of hydrogen-bond acceptors (Lipinski definition) is 2. The molecule has 25 heavy (non-hydrogen) atoms. The molecule has 0 atom stereocenters. The summed E-state index contributed by atoms with van der Waals surface area (Å²) in [6.07, 6.45) is 2.10. The number of nitrogens with zero attached hydrogens (tertiary/aromatic N) is 2. The summed E-state index contributed by atoms with van der Waals surface area (Å²) in [5.41, 5.74) is 7.82. The van der Waals surface area contributed by atoms with E-state index in [1.165, 1.54) is 22.4 Å². The molecule has 0 spiro atoms. The molecular weight excluding hydrogens is 308 g/mol. The zero-order valence-electron chi connectivity index (χ0n) is 14.3. The third-order valence-corrected chi connectivity index (χ3v) is 4.94. The zero-order valence-corrected chi connectivity index (χ0v) is 14.3. The van der Waals surface area contributed by atoms with Crippen molar-refractivity contribution in [1.29, 1.82) is 0 Å². The van der Waals surface area contributed by atoms with Crippen LogP contribution in [-0.2, 0) is 6.54 Å². The molecule has 0 radical (unpaired) electrons. The first kappa shape index (κ1) is 14.3. The number of aromatic nitrogens is 1. The second-order valence-electron chi connectivity index (χ2n) is 6.65. The summed E-state index contributed by atoms with van der Waals surface area (Å²) >= 11 is 0. The fourth-order valence-corrected chi connectivity index (χ4v) is 3.60. The fraction of sp³-hybridized carbons (Fsp3) is 0.136. The zero-order chi connectivity index (χ0) is 17.0. The van der Waals surface area contributed by atoms with Crippen molar-refractivity contribution in [3.05, 3.63) is 88.9 Å². The van der Waals surface area contributed by atoms with Crippen molar-refractivity contribution >= 4 is 16.7 Å². The fourth-order valence-electron chi connectivity index (χ4n) is 3.60. The summed E-state index contributed by atoms with van der Waals surface area (Å²) in [4.78, 5) is 4.93. The summed E-state index contributed by atoms with van der Waals surface area (Å²) in [5, 5.41) is 1.11. The number of rotatable bonds is 1. The molecule has 1 aliphatic heterocycles. The Morgan fingerprint density at radius 2 is 1.92 bits per heavy atom. The van der Waals surface area contributed by atoms with Gasteiger partial charge in [0.1, 0.15) is 11.3 Å². The molecule has 3 heterocycles. The summed E-state index contributed by atoms with van der Waals surface area (Å²) in [6, 6.07) is 19.0. The van der Waals surface area contributed by atoms with E-state index in [-0.39, 0.29) is 0 Å². The number of benzene rings is 2. The molecule has 3 heteroatoms. The van der Waals surface area contributed by atoms with Crippen molar-refractivity contribution in [2.45, 2.75) is 20.4 Å². The molecule has 3 nitrogen and oxygen atoms in total. The van der Waals surface area contributed by atoms with Crippen LogP contribution in [-0.4, -0.2) is 10.3 Å². The van der Waals surface area contributed by atoms with Crippen LogP contribution in [0.15, 0.2) is 70.2 Å². The summed E-state index contributed by atoms with van der Waals surface area (Å²) < 4.78 is 8.37. The van der Waals surface area contributed by atoms with E-state index in [0.717, 1.165) is 28.1 Å². The van der Waals surface area contributed by atoms with Gasteiger partial charge in [-0.25, -0.2) is 0 Å². The lowest BCUT2D eigenvalue weighted by atomic mass is 10.1. The highest BCUT2D eigenvalue weighted by atomic mass is 16.3. The highest BCUT2D eigenvalue weighted by molar-refractivity contribution is 6.12. The molecule has 5 rings (SSSR count). The average molecular weight is 326 g/mol. The van der Waals surface area contributed by atoms with Crippen LogP contribution in [0.4, 0.5) is 0 Å². The van der Waals surface area contributed by atoms with Crippen LogP contribution in [0.1, 0.15) is 28.1 Å². The van der Waals surface area contributed by atoms with E-state index in [1.54, 1.807) is 0 Å². The Kier molecular flexibility index (Phi) is 2.98. The van der Waals surface area contributed by atoms with Gasteiger partial charge in [0.05, 0.1) is 17.9 Å². The molecule has 0 N–H and O–H groups in total. The smallest absolute Gasteiger partial charge is 0.155 e. The van der Waals surface area contributed by atoms with Gasteiger partial charge in [-0.1, -0.05) is 24.3 Å². The van der Waals surface area contributed by atoms with Crippen molar-refractivity contribution in [2.24, 2.45) is 4.99 Å². The topological polar surface area (TPSA) is 30.4 Å². The van der Waals surface area contributed by atoms with E-state index in [0.29, 0.717) is 6.54 Å². The Bertz CT molecular complexity index is 1140. The predicted molar refractivity (Wildman–Crippen MR) is 101 cm³/mol. The van der Waals surface area contributed by atoms with Crippen molar-refractivity contribution in [3.8, 4) is 5.69 Å². The minimum atomic E-state index is 0.662. The number of fused-ring (bicyclic) bond motifs is 4. The van der Waals surface area contributed by atoms with E-state index in [2.05, 4.69) is 79.2 Å². The molecule has 0 unspecified atom stereocenters. The van der Waals surface area contributed by atoms with Crippen LogP contribution in [0, 0.1) is 13.8 Å². The van der Waals surface area contributed by atoms with Crippen LogP contribution in [0.5, 0.6) is 0 Å². The van der Waals surface area contributed by atoms with Gasteiger partial charge in [-0.05, 0) is 55.3 Å². The standard InChI is InChI=1S/C22H18N2O/c1-14-8-9-16-12-21(25-20(16)11-14)22-19-7-4-10-24(19)18-6-3-5-15(2)17(18)13-23-22/h3-12H,13H2,1-2H3. The quantitative estimate of drug-likeness (QED) is 0.473. The van der Waals surface area contributed by atoms with Crippen molar-refractivity contribution in [2.75, 3.05) is 0 Å². The highest BCUT2D eigenvalue weighted by Gasteiger charge is 2.21. The average Bonchev–Trinajstić information content (AvgIpc) is 3.20. The highest BCUT2D eigenvalue weighted by Crippen LogP contribution is 2.29. The van der Waals surface area contributed by atoms with Crippen LogP contribution in [0.3, 0.4) is 0 Å². The molecular formula is C22H18N2O. The Morgan fingerprint density at radius 3 is 2.84 bits per heavy atom. The summed E-state index contributed by atoms with van der Waals surface area (Å²) in [5.74, 6) is 0.825. The van der Waals surface area contributed by atoms with Crippen LogP contribution in [0.25, 0.3) is 16.7 Å². The first-order valence-corrected chi connectivity index (χ1v) is 8.52. The predicted octanol–water partition coefficient (Wildman–Crippen LogP) is 5.19. The maximum atomic E-state index is 6.16. The number of furan rings is 1. The molecule has 2 aromatic carbocycles. The van der Waals surface area contributed by atoms with Crippen LogP contribution >= 0.6 is 0 Å². The third-order valence-electron chi connectivity index (χ3n) is 4.94. The number of aliphatic imine (C=N–C) groups is 1. The van der Waals surface area contributed by atoms with E-state index < -0.39 is 0 Å². The second kappa shape index (κ2) is 5.21. The van der Waals surface area contributed by atoms with Crippen LogP contribution in [0.2, 0.25) is 0 Å². The van der Waals surface area contributed by atoms with E-state index in [9.17, 15) is 0 Å². The van der Waals surface area contributed by atoms with Gasteiger partial charge in [0, 0.05) is 17.1 Å². The Morgan fingerprint density at radius 1 is 1.00 bits per heavy atom. The monoisotopic (exact) mass is 326 g/mol. The molecule has 0 saturated heterocycles. The van der Waals surface area contributed by atoms with Gasteiger partial charge in [-0.15, -0.1) is 0 Å². The van der Waals surface area contributed by atoms with E-state index >= 15 is 0 Å². The first-order valence-electron chi connectivity index (χ1n) is 8.52. The minimum absolute atomic E-state index is 0.662. The Labute approximate surface area is 146 Å². The Hall–Kier alpha value is -3.07. The molecule has 0 bridgehead atoms. The van der Waals surface area contributed by atoms with E-state index in [1.807, 2.05) is 0 Å². The molecule has 1 aliphatic rings. The maximum absolute atomic E-state index is 6.16. The largest absolute Gasteiger partial charge is 0.454 e. The van der Waals surface area contributed by atoms with Gasteiger partial charge in [-0.2, -0.15) is 0 Å². The number of aryl methyl sites for hydroxylation is 2. The maximum Gasteiger partial charge on any atom is 0.155 e. The summed E-state index contributed by atoms with van der Waals surface area (Å²) in [7, 11) is 0. The second-order valence-corrected chi connectivity index (χ2v) is 6.65. The van der Waals surface area contributed by atoms with Gasteiger partial charge < -0.3 is 8.98 Å². The first-order chi connectivity index (χ1) is 12.2. The number of hydrogen-bond donors (Lipinski definition) is 0. The van der Waals surface area contributed by atoms with Crippen molar-refractivity contribution < 1.29 is 4.42 Å². The SMILES string of the molecule is Cc1ccc2cc(C3=NCc4c(C)cccc4-n4cccc43)oc2c1. The lowest BCUT2D eigenvalue weighted by molar-refractivity contribution is 0.604. The molecule has 122 valence electrons. The lowest BCUT2D eigenvalue weighted by Crippen LogP contribution is -2.07. The van der Waals surface area contributed by atoms with Gasteiger partial charge in [-0.3, -0.25) is 4.99 Å². The normalized spacial score (nSPS) is 13.3.